The summed E-state index contributed by atoms with van der Waals surface area (Å²) in [7, 11) is 0. The Kier molecular flexibility index (Phi) is 4.33. The van der Waals surface area contributed by atoms with Gasteiger partial charge in [-0.1, -0.05) is 40.0 Å². The van der Waals surface area contributed by atoms with Crippen LogP contribution in [-0.2, 0) is 0 Å². The summed E-state index contributed by atoms with van der Waals surface area (Å²) in [6.07, 6.45) is 12.1. The molecule has 2 aliphatic rings. The standard InChI is InChI=1S/C16H30/c1-4-12-9-13(5-2)11-16-14(6-3)7-8-15(16)10-12/h12-16H,4-11H2,1-3H3. The van der Waals surface area contributed by atoms with Gasteiger partial charge in [-0.05, 0) is 61.7 Å². The zero-order valence-corrected chi connectivity index (χ0v) is 11.5. The quantitative estimate of drug-likeness (QED) is 0.610. The largest absolute Gasteiger partial charge is 0.0651 e. The van der Waals surface area contributed by atoms with Crippen molar-refractivity contribution in [1.29, 1.82) is 0 Å². The lowest BCUT2D eigenvalue weighted by Gasteiger charge is -2.24. The van der Waals surface area contributed by atoms with Gasteiger partial charge in [-0.15, -0.1) is 0 Å². The number of fused-ring (bicyclic) bond motifs is 1. The molecule has 16 heavy (non-hydrogen) atoms. The molecular formula is C16H30. The lowest BCUT2D eigenvalue weighted by molar-refractivity contribution is 0.255. The predicted molar refractivity (Wildman–Crippen MR) is 71.4 cm³/mol. The van der Waals surface area contributed by atoms with E-state index in [0.29, 0.717) is 0 Å². The molecule has 0 aromatic heterocycles. The third kappa shape index (κ3) is 2.46. The maximum Gasteiger partial charge on any atom is -0.0355 e. The van der Waals surface area contributed by atoms with Crippen LogP contribution in [0.2, 0.25) is 0 Å². The average Bonchev–Trinajstić information content (AvgIpc) is 2.59. The smallest absolute Gasteiger partial charge is 0.0355 e. The second-order valence-corrected chi connectivity index (χ2v) is 6.43. The lowest BCUT2D eigenvalue weighted by Crippen LogP contribution is -2.16. The van der Waals surface area contributed by atoms with E-state index in [0.717, 1.165) is 29.6 Å². The van der Waals surface area contributed by atoms with E-state index in [9.17, 15) is 0 Å². The Morgan fingerprint density at radius 3 is 2.06 bits per heavy atom. The van der Waals surface area contributed by atoms with Gasteiger partial charge in [-0.3, -0.25) is 0 Å². The van der Waals surface area contributed by atoms with E-state index in [1.807, 2.05) is 0 Å². The Morgan fingerprint density at radius 2 is 1.44 bits per heavy atom. The minimum atomic E-state index is 1.05. The summed E-state index contributed by atoms with van der Waals surface area (Å²) in [5.74, 6) is 5.38. The molecule has 0 aliphatic heterocycles. The van der Waals surface area contributed by atoms with Gasteiger partial charge < -0.3 is 0 Å². The van der Waals surface area contributed by atoms with Crippen LogP contribution in [0.4, 0.5) is 0 Å². The molecule has 5 unspecified atom stereocenters. The second kappa shape index (κ2) is 5.56. The van der Waals surface area contributed by atoms with Gasteiger partial charge in [-0.2, -0.15) is 0 Å². The van der Waals surface area contributed by atoms with Crippen LogP contribution in [0.1, 0.15) is 72.1 Å². The molecular weight excluding hydrogens is 192 g/mol. The summed E-state index contributed by atoms with van der Waals surface area (Å²) < 4.78 is 0. The number of hydrogen-bond acceptors (Lipinski definition) is 0. The third-order valence-corrected chi connectivity index (χ3v) is 5.71. The monoisotopic (exact) mass is 222 g/mol. The Labute approximate surface area is 102 Å². The first-order valence-electron chi connectivity index (χ1n) is 7.78. The summed E-state index contributed by atoms with van der Waals surface area (Å²) in [6, 6.07) is 0. The van der Waals surface area contributed by atoms with Crippen LogP contribution in [0, 0.1) is 29.6 Å². The predicted octanol–water partition coefficient (Wildman–Crippen LogP) is 5.28. The van der Waals surface area contributed by atoms with Gasteiger partial charge >= 0.3 is 0 Å². The van der Waals surface area contributed by atoms with E-state index in [2.05, 4.69) is 20.8 Å². The summed E-state index contributed by atoms with van der Waals surface area (Å²) in [5.41, 5.74) is 0. The van der Waals surface area contributed by atoms with Gasteiger partial charge in [0.2, 0.25) is 0 Å². The van der Waals surface area contributed by atoms with Gasteiger partial charge in [0, 0.05) is 0 Å². The SMILES string of the molecule is CCC1CC(CC)CC2C(CC)CCC2C1. The highest BCUT2D eigenvalue weighted by molar-refractivity contribution is 4.89. The Hall–Kier alpha value is 0. The fourth-order valence-corrected chi connectivity index (χ4v) is 4.57. The van der Waals surface area contributed by atoms with Crippen molar-refractivity contribution in [3.8, 4) is 0 Å². The highest BCUT2D eigenvalue weighted by Gasteiger charge is 2.39. The topological polar surface area (TPSA) is 0 Å². The van der Waals surface area contributed by atoms with Crippen LogP contribution >= 0.6 is 0 Å². The molecule has 0 N–H and O–H groups in total. The van der Waals surface area contributed by atoms with Crippen molar-refractivity contribution in [2.24, 2.45) is 29.6 Å². The van der Waals surface area contributed by atoms with Crippen molar-refractivity contribution in [1.82, 2.24) is 0 Å². The molecule has 2 aliphatic carbocycles. The highest BCUT2D eigenvalue weighted by atomic mass is 14.4. The van der Waals surface area contributed by atoms with Gasteiger partial charge in [0.05, 0.1) is 0 Å². The molecule has 2 fully saturated rings. The summed E-state index contributed by atoms with van der Waals surface area (Å²) >= 11 is 0. The first kappa shape index (κ1) is 12.5. The van der Waals surface area contributed by atoms with E-state index in [1.54, 1.807) is 25.7 Å². The minimum absolute atomic E-state index is 1.05. The van der Waals surface area contributed by atoms with Crippen LogP contribution in [0.25, 0.3) is 0 Å². The summed E-state index contributed by atoms with van der Waals surface area (Å²) in [5, 5.41) is 0. The van der Waals surface area contributed by atoms with Crippen molar-refractivity contribution in [3.05, 3.63) is 0 Å². The van der Waals surface area contributed by atoms with Gasteiger partial charge in [-0.25, -0.2) is 0 Å². The van der Waals surface area contributed by atoms with E-state index in [-0.39, 0.29) is 0 Å². The zero-order valence-electron chi connectivity index (χ0n) is 11.5. The van der Waals surface area contributed by atoms with Crippen LogP contribution in [-0.4, -0.2) is 0 Å². The molecule has 2 saturated carbocycles. The van der Waals surface area contributed by atoms with Crippen molar-refractivity contribution in [3.63, 3.8) is 0 Å². The molecule has 2 rings (SSSR count). The van der Waals surface area contributed by atoms with Crippen LogP contribution in [0.5, 0.6) is 0 Å². The van der Waals surface area contributed by atoms with Crippen LogP contribution in [0.15, 0.2) is 0 Å². The van der Waals surface area contributed by atoms with Crippen molar-refractivity contribution < 1.29 is 0 Å². The molecule has 0 amide bonds. The lowest BCUT2D eigenvalue weighted by atomic mass is 9.81. The molecule has 0 aromatic rings. The Morgan fingerprint density at radius 1 is 0.750 bits per heavy atom. The summed E-state index contributed by atoms with van der Waals surface area (Å²) in [4.78, 5) is 0. The average molecular weight is 222 g/mol. The molecule has 0 heterocycles. The minimum Gasteiger partial charge on any atom is -0.0651 e. The molecule has 0 aromatic carbocycles. The van der Waals surface area contributed by atoms with E-state index in [1.165, 1.54) is 25.7 Å². The zero-order chi connectivity index (χ0) is 11.5. The first-order valence-corrected chi connectivity index (χ1v) is 7.78. The third-order valence-electron chi connectivity index (χ3n) is 5.71. The molecule has 0 radical (unpaired) electrons. The van der Waals surface area contributed by atoms with Crippen molar-refractivity contribution in [2.75, 3.05) is 0 Å². The molecule has 0 bridgehead atoms. The number of rotatable bonds is 3. The molecule has 0 spiro atoms. The molecule has 0 saturated heterocycles. The molecule has 5 atom stereocenters. The molecule has 94 valence electrons. The van der Waals surface area contributed by atoms with Crippen molar-refractivity contribution in [2.45, 2.75) is 72.1 Å². The highest BCUT2D eigenvalue weighted by Crippen LogP contribution is 2.49. The maximum atomic E-state index is 2.41. The first-order chi connectivity index (χ1) is 7.78. The van der Waals surface area contributed by atoms with E-state index in [4.69, 9.17) is 0 Å². The normalized spacial score (nSPS) is 44.1. The fourth-order valence-electron chi connectivity index (χ4n) is 4.57. The van der Waals surface area contributed by atoms with E-state index < -0.39 is 0 Å². The van der Waals surface area contributed by atoms with Gasteiger partial charge in [0.15, 0.2) is 0 Å². The maximum absolute atomic E-state index is 2.41. The van der Waals surface area contributed by atoms with E-state index >= 15 is 0 Å². The molecule has 0 heteroatoms. The number of hydrogen-bond donors (Lipinski definition) is 0. The Balaban J connectivity index is 2.06. The van der Waals surface area contributed by atoms with Crippen molar-refractivity contribution >= 4 is 0 Å². The summed E-state index contributed by atoms with van der Waals surface area (Å²) in [6.45, 7) is 7.23. The molecule has 0 nitrogen and oxygen atoms in total. The van der Waals surface area contributed by atoms with Gasteiger partial charge in [0.25, 0.3) is 0 Å². The van der Waals surface area contributed by atoms with Gasteiger partial charge in [0.1, 0.15) is 0 Å². The van der Waals surface area contributed by atoms with Crippen LogP contribution in [0.3, 0.4) is 0 Å². The van der Waals surface area contributed by atoms with Crippen LogP contribution < -0.4 is 0 Å². The second-order valence-electron chi connectivity index (χ2n) is 6.43. The Bertz CT molecular complexity index is 208. The fraction of sp³-hybridized carbons (Fsp3) is 1.00.